The minimum atomic E-state index is -0.105. The van der Waals surface area contributed by atoms with Crippen molar-refractivity contribution in [2.24, 2.45) is 0 Å². The zero-order valence-corrected chi connectivity index (χ0v) is 7.09. The smallest absolute Gasteiger partial charge is 0.260 e. The molecule has 0 spiro atoms. The Morgan fingerprint density at radius 1 is 1.33 bits per heavy atom. The third-order valence-corrected chi connectivity index (χ3v) is 1.36. The average Bonchev–Trinajstić information content (AvgIpc) is 2.57. The van der Waals surface area contributed by atoms with Gasteiger partial charge in [-0.1, -0.05) is 13.8 Å². The lowest BCUT2D eigenvalue weighted by atomic mass is 10.4. The van der Waals surface area contributed by atoms with E-state index in [4.69, 9.17) is 0 Å². The van der Waals surface area contributed by atoms with Crippen LogP contribution in [0.25, 0.3) is 11.0 Å². The quantitative estimate of drug-likeness (QED) is 0.617. The van der Waals surface area contributed by atoms with Gasteiger partial charge in [0.25, 0.3) is 5.56 Å². The minimum Gasteiger partial charge on any atom is -0.346 e. The average molecular weight is 165 g/mol. The second kappa shape index (κ2) is 3.71. The van der Waals surface area contributed by atoms with E-state index in [1.807, 2.05) is 13.8 Å². The Bertz CT molecular complexity index is 402. The van der Waals surface area contributed by atoms with Gasteiger partial charge in [0.05, 0.1) is 11.7 Å². The van der Waals surface area contributed by atoms with Gasteiger partial charge in [0.1, 0.15) is 5.65 Å². The Hall–Kier alpha value is -1.58. The van der Waals surface area contributed by atoms with Gasteiger partial charge in [-0.3, -0.25) is 4.79 Å². The number of fused-ring (bicyclic) bond motifs is 1. The molecule has 2 heterocycles. The molecule has 0 amide bonds. The first-order valence-corrected chi connectivity index (χ1v) is 3.89. The molecule has 0 fully saturated rings. The minimum absolute atomic E-state index is 0.105. The van der Waals surface area contributed by atoms with Gasteiger partial charge in [-0.2, -0.15) is 0 Å². The van der Waals surface area contributed by atoms with Crippen LogP contribution in [0.3, 0.4) is 0 Å². The molecule has 0 aliphatic rings. The van der Waals surface area contributed by atoms with Crippen molar-refractivity contribution in [3.05, 3.63) is 28.9 Å². The topological polar surface area (TPSA) is 61.5 Å². The van der Waals surface area contributed by atoms with Crippen LogP contribution < -0.4 is 5.56 Å². The third-order valence-electron chi connectivity index (χ3n) is 1.36. The maximum atomic E-state index is 10.9. The molecule has 0 unspecified atom stereocenters. The summed E-state index contributed by atoms with van der Waals surface area (Å²) in [6, 6.07) is 1.70. The van der Waals surface area contributed by atoms with Gasteiger partial charge in [-0.25, -0.2) is 4.98 Å². The summed E-state index contributed by atoms with van der Waals surface area (Å²) >= 11 is 0. The van der Waals surface area contributed by atoms with E-state index in [0.29, 0.717) is 11.0 Å². The predicted octanol–water partition coefficient (Wildman–Crippen LogP) is 1.28. The molecule has 4 heteroatoms. The molecule has 2 rings (SSSR count). The molecule has 0 bridgehead atoms. The van der Waals surface area contributed by atoms with Crippen molar-refractivity contribution in [1.82, 2.24) is 15.0 Å². The van der Waals surface area contributed by atoms with E-state index in [9.17, 15) is 4.79 Å². The van der Waals surface area contributed by atoms with Crippen LogP contribution in [0.5, 0.6) is 0 Å². The number of rotatable bonds is 0. The summed E-state index contributed by atoms with van der Waals surface area (Å²) in [5.41, 5.74) is 0.523. The van der Waals surface area contributed by atoms with Crippen molar-refractivity contribution in [2.75, 3.05) is 0 Å². The molecular formula is C8H11N3O. The van der Waals surface area contributed by atoms with Gasteiger partial charge in [0.2, 0.25) is 0 Å². The fourth-order valence-electron chi connectivity index (χ4n) is 0.884. The van der Waals surface area contributed by atoms with E-state index in [1.165, 1.54) is 6.33 Å². The maximum absolute atomic E-state index is 10.9. The Labute approximate surface area is 69.7 Å². The molecule has 12 heavy (non-hydrogen) atoms. The molecular weight excluding hydrogens is 154 g/mol. The van der Waals surface area contributed by atoms with Gasteiger partial charge in [-0.05, 0) is 6.07 Å². The number of hydrogen-bond donors (Lipinski definition) is 2. The van der Waals surface area contributed by atoms with E-state index < -0.39 is 0 Å². The molecule has 2 aromatic rings. The number of nitrogens with zero attached hydrogens (tertiary/aromatic N) is 1. The van der Waals surface area contributed by atoms with Crippen molar-refractivity contribution in [2.45, 2.75) is 13.8 Å². The van der Waals surface area contributed by atoms with Gasteiger partial charge >= 0.3 is 0 Å². The Kier molecular flexibility index (Phi) is 2.63. The molecule has 2 aromatic heterocycles. The van der Waals surface area contributed by atoms with E-state index in [2.05, 4.69) is 15.0 Å². The van der Waals surface area contributed by atoms with Gasteiger partial charge in [0, 0.05) is 6.20 Å². The largest absolute Gasteiger partial charge is 0.346 e. The van der Waals surface area contributed by atoms with Gasteiger partial charge in [-0.15, -0.1) is 0 Å². The first-order valence-electron chi connectivity index (χ1n) is 3.89. The highest BCUT2D eigenvalue weighted by Crippen LogP contribution is 1.99. The lowest BCUT2D eigenvalue weighted by Crippen LogP contribution is -2.04. The molecule has 0 aromatic carbocycles. The zero-order chi connectivity index (χ0) is 8.97. The molecule has 0 saturated carbocycles. The Balaban J connectivity index is 0.000000336. The second-order valence-corrected chi connectivity index (χ2v) is 1.97. The van der Waals surface area contributed by atoms with Crippen molar-refractivity contribution in [1.29, 1.82) is 0 Å². The first-order chi connectivity index (χ1) is 5.88. The fourth-order valence-corrected chi connectivity index (χ4v) is 0.884. The monoisotopic (exact) mass is 165 g/mol. The molecule has 0 aliphatic heterocycles. The van der Waals surface area contributed by atoms with Gasteiger partial charge < -0.3 is 9.97 Å². The van der Waals surface area contributed by atoms with Crippen LogP contribution in [-0.2, 0) is 0 Å². The van der Waals surface area contributed by atoms with Crippen molar-refractivity contribution >= 4 is 11.0 Å². The number of hydrogen-bond acceptors (Lipinski definition) is 2. The normalized spacial score (nSPS) is 9.17. The summed E-state index contributed by atoms with van der Waals surface area (Å²) in [6.07, 6.45) is 3.06. The zero-order valence-electron chi connectivity index (χ0n) is 7.09. The third kappa shape index (κ3) is 1.37. The molecule has 64 valence electrons. The Morgan fingerprint density at radius 3 is 2.75 bits per heavy atom. The summed E-state index contributed by atoms with van der Waals surface area (Å²) in [6.45, 7) is 4.00. The van der Waals surface area contributed by atoms with Gasteiger partial charge in [0.15, 0.2) is 0 Å². The second-order valence-electron chi connectivity index (χ2n) is 1.97. The molecule has 0 aliphatic carbocycles. The van der Waals surface area contributed by atoms with E-state index in [0.717, 1.165) is 0 Å². The SMILES string of the molecule is CC.O=c1[nH]cnc2[nH]ccc12. The standard InChI is InChI=1S/C6H5N3O.C2H6/c10-6-4-1-2-7-5(4)8-3-9-6;1-2/h1-3H,(H2,7,8,9,10);1-2H3. The highest BCUT2D eigenvalue weighted by atomic mass is 16.1. The fraction of sp³-hybridized carbons (Fsp3) is 0.250. The molecule has 4 nitrogen and oxygen atoms in total. The highest BCUT2D eigenvalue weighted by Gasteiger charge is 1.96. The summed E-state index contributed by atoms with van der Waals surface area (Å²) in [7, 11) is 0. The highest BCUT2D eigenvalue weighted by molar-refractivity contribution is 5.73. The van der Waals surface area contributed by atoms with Crippen LogP contribution in [0.2, 0.25) is 0 Å². The Morgan fingerprint density at radius 2 is 2.08 bits per heavy atom. The molecule has 0 radical (unpaired) electrons. The summed E-state index contributed by atoms with van der Waals surface area (Å²) < 4.78 is 0. The molecule has 0 atom stereocenters. The van der Waals surface area contributed by atoms with Crippen molar-refractivity contribution in [3.63, 3.8) is 0 Å². The van der Waals surface area contributed by atoms with Crippen LogP contribution in [0.1, 0.15) is 13.8 Å². The van der Waals surface area contributed by atoms with Crippen LogP contribution in [0.15, 0.2) is 23.4 Å². The van der Waals surface area contributed by atoms with Crippen LogP contribution >= 0.6 is 0 Å². The first kappa shape index (κ1) is 8.52. The predicted molar refractivity (Wildman–Crippen MR) is 48.1 cm³/mol. The van der Waals surface area contributed by atoms with Crippen molar-refractivity contribution < 1.29 is 0 Å². The maximum Gasteiger partial charge on any atom is 0.260 e. The lowest BCUT2D eigenvalue weighted by molar-refractivity contribution is 1.16. The van der Waals surface area contributed by atoms with E-state index in [-0.39, 0.29) is 5.56 Å². The number of aromatic nitrogens is 3. The number of aromatic amines is 2. The lowest BCUT2D eigenvalue weighted by Gasteiger charge is -1.83. The molecule has 0 saturated heterocycles. The van der Waals surface area contributed by atoms with Crippen LogP contribution in [-0.4, -0.2) is 15.0 Å². The summed E-state index contributed by atoms with van der Waals surface area (Å²) in [5, 5.41) is 0.600. The van der Waals surface area contributed by atoms with Crippen molar-refractivity contribution in [3.8, 4) is 0 Å². The summed E-state index contributed by atoms with van der Waals surface area (Å²) in [5.74, 6) is 0. The number of H-pyrrole nitrogens is 2. The van der Waals surface area contributed by atoms with E-state index in [1.54, 1.807) is 12.3 Å². The van der Waals surface area contributed by atoms with Crippen LogP contribution in [0.4, 0.5) is 0 Å². The molecule has 2 N–H and O–H groups in total. The number of nitrogens with one attached hydrogen (secondary N) is 2. The van der Waals surface area contributed by atoms with E-state index >= 15 is 0 Å². The van der Waals surface area contributed by atoms with Crippen LogP contribution in [0, 0.1) is 0 Å². The summed E-state index contributed by atoms with van der Waals surface area (Å²) in [4.78, 5) is 20.1.